The summed E-state index contributed by atoms with van der Waals surface area (Å²) in [7, 11) is 3.22. The first kappa shape index (κ1) is 18.9. The summed E-state index contributed by atoms with van der Waals surface area (Å²) >= 11 is 0. The summed E-state index contributed by atoms with van der Waals surface area (Å²) in [5.74, 6) is 1.38. The number of fused-ring (bicyclic) bond motifs is 3. The van der Waals surface area contributed by atoms with Gasteiger partial charge in [0.05, 0.1) is 36.7 Å². The van der Waals surface area contributed by atoms with Crippen LogP contribution in [-0.2, 0) is 0 Å². The van der Waals surface area contributed by atoms with E-state index in [1.165, 1.54) is 0 Å². The molecule has 1 N–H and O–H groups in total. The average Bonchev–Trinajstić information content (AvgIpc) is 3.15. The van der Waals surface area contributed by atoms with Gasteiger partial charge in [-0.2, -0.15) is 5.10 Å². The molecule has 0 aliphatic heterocycles. The first-order valence-corrected chi connectivity index (χ1v) is 9.91. The van der Waals surface area contributed by atoms with Crippen LogP contribution in [-0.4, -0.2) is 34.1 Å². The zero-order chi connectivity index (χ0) is 21.5. The minimum absolute atomic E-state index is 0.160. The molecule has 0 atom stereocenters. The van der Waals surface area contributed by atoms with E-state index in [0.717, 1.165) is 27.5 Å². The van der Waals surface area contributed by atoms with Crippen molar-refractivity contribution in [3.05, 3.63) is 72.4 Å². The van der Waals surface area contributed by atoms with Crippen LogP contribution in [0.4, 0.5) is 0 Å². The third kappa shape index (κ3) is 2.95. The molecule has 6 nitrogen and oxygen atoms in total. The topological polar surface area (TPSA) is 69.4 Å². The van der Waals surface area contributed by atoms with Crippen molar-refractivity contribution < 1.29 is 14.6 Å². The quantitative estimate of drug-likeness (QED) is 0.436. The summed E-state index contributed by atoms with van der Waals surface area (Å²) in [6.45, 7) is 1.97. The first-order chi connectivity index (χ1) is 15.1. The van der Waals surface area contributed by atoms with E-state index in [1.54, 1.807) is 26.4 Å². The fourth-order valence-electron chi connectivity index (χ4n) is 4.01. The molecule has 31 heavy (non-hydrogen) atoms. The Bertz CT molecular complexity index is 1430. The number of pyridine rings is 1. The highest BCUT2D eigenvalue weighted by molar-refractivity contribution is 6.12. The third-order valence-corrected chi connectivity index (χ3v) is 5.46. The van der Waals surface area contributed by atoms with Gasteiger partial charge in [0.25, 0.3) is 0 Å². The molecule has 0 amide bonds. The summed E-state index contributed by atoms with van der Waals surface area (Å²) in [5, 5.41) is 18.1. The molecule has 0 aliphatic carbocycles. The SMILES string of the molecule is COc1cc2c(-c3ccccc3O)nc3c(c(C)nn3-c3ccccc3)c2cc1OC. The van der Waals surface area contributed by atoms with E-state index in [2.05, 4.69) is 0 Å². The zero-order valence-electron chi connectivity index (χ0n) is 17.5. The number of para-hydroxylation sites is 2. The summed E-state index contributed by atoms with van der Waals surface area (Å²) < 4.78 is 13.0. The Morgan fingerprint density at radius 1 is 0.839 bits per heavy atom. The van der Waals surface area contributed by atoms with E-state index in [4.69, 9.17) is 19.6 Å². The van der Waals surface area contributed by atoms with Crippen LogP contribution in [0.25, 0.3) is 38.8 Å². The molecule has 5 rings (SSSR count). The molecule has 0 unspecified atom stereocenters. The number of phenolic OH excluding ortho intramolecular Hbond substituents is 1. The first-order valence-electron chi connectivity index (χ1n) is 9.91. The summed E-state index contributed by atoms with van der Waals surface area (Å²) in [6.07, 6.45) is 0. The van der Waals surface area contributed by atoms with Gasteiger partial charge in [-0.3, -0.25) is 0 Å². The second kappa shape index (κ2) is 7.32. The molecular weight excluding hydrogens is 390 g/mol. The van der Waals surface area contributed by atoms with Crippen LogP contribution in [0.2, 0.25) is 0 Å². The number of nitrogens with zero attached hydrogens (tertiary/aromatic N) is 3. The van der Waals surface area contributed by atoms with Crippen molar-refractivity contribution >= 4 is 21.8 Å². The molecule has 0 radical (unpaired) electrons. The number of aryl methyl sites for hydroxylation is 1. The van der Waals surface area contributed by atoms with Crippen LogP contribution in [0.5, 0.6) is 17.2 Å². The number of rotatable bonds is 4. The largest absolute Gasteiger partial charge is 0.507 e. The Morgan fingerprint density at radius 2 is 1.48 bits per heavy atom. The minimum atomic E-state index is 0.160. The molecule has 0 aliphatic rings. The van der Waals surface area contributed by atoms with Crippen LogP contribution >= 0.6 is 0 Å². The van der Waals surface area contributed by atoms with Crippen molar-refractivity contribution in [2.24, 2.45) is 0 Å². The number of hydrogen-bond donors (Lipinski definition) is 1. The second-order valence-corrected chi connectivity index (χ2v) is 7.26. The third-order valence-electron chi connectivity index (χ3n) is 5.46. The molecule has 3 aromatic carbocycles. The minimum Gasteiger partial charge on any atom is -0.507 e. The van der Waals surface area contributed by atoms with E-state index in [-0.39, 0.29) is 5.75 Å². The highest BCUT2D eigenvalue weighted by Gasteiger charge is 2.21. The van der Waals surface area contributed by atoms with Crippen LogP contribution < -0.4 is 9.47 Å². The second-order valence-electron chi connectivity index (χ2n) is 7.26. The van der Waals surface area contributed by atoms with Crippen LogP contribution in [0.3, 0.4) is 0 Å². The Kier molecular flexibility index (Phi) is 4.47. The van der Waals surface area contributed by atoms with E-state index < -0.39 is 0 Å². The van der Waals surface area contributed by atoms with Crippen LogP contribution in [0, 0.1) is 6.92 Å². The predicted molar refractivity (Wildman–Crippen MR) is 121 cm³/mol. The molecule has 0 fully saturated rings. The van der Waals surface area contributed by atoms with E-state index in [9.17, 15) is 5.11 Å². The van der Waals surface area contributed by atoms with E-state index in [0.29, 0.717) is 28.4 Å². The predicted octanol–water partition coefficient (Wildman–Crippen LogP) is 5.27. The van der Waals surface area contributed by atoms with Crippen molar-refractivity contribution in [2.45, 2.75) is 6.92 Å². The maximum absolute atomic E-state index is 10.6. The Labute approximate surface area is 179 Å². The molecule has 5 aromatic rings. The molecule has 6 heteroatoms. The van der Waals surface area contributed by atoms with Gasteiger partial charge in [0.15, 0.2) is 17.1 Å². The monoisotopic (exact) mass is 411 g/mol. The fourth-order valence-corrected chi connectivity index (χ4v) is 4.01. The standard InChI is InChI=1S/C25H21N3O3/c1-15-23-18-13-21(30-2)22(31-3)14-19(18)24(17-11-7-8-12-20(17)29)26-25(23)28(27-15)16-9-5-4-6-10-16/h4-14,29H,1-3H3. The Balaban J connectivity index is 1.97. The number of hydrogen-bond acceptors (Lipinski definition) is 5. The van der Waals surface area contributed by atoms with Crippen LogP contribution in [0.15, 0.2) is 66.7 Å². The van der Waals surface area contributed by atoms with Crippen LogP contribution in [0.1, 0.15) is 5.69 Å². The molecular formula is C25H21N3O3. The van der Waals surface area contributed by atoms with Gasteiger partial charge in [0, 0.05) is 16.3 Å². The maximum Gasteiger partial charge on any atom is 0.164 e. The molecule has 2 aromatic heterocycles. The highest BCUT2D eigenvalue weighted by Crippen LogP contribution is 2.42. The average molecular weight is 411 g/mol. The van der Waals surface area contributed by atoms with Gasteiger partial charge in [-0.05, 0) is 43.3 Å². The van der Waals surface area contributed by atoms with Gasteiger partial charge in [-0.25, -0.2) is 9.67 Å². The van der Waals surface area contributed by atoms with Gasteiger partial charge in [0.1, 0.15) is 5.75 Å². The zero-order valence-corrected chi connectivity index (χ0v) is 17.5. The number of benzene rings is 3. The van der Waals surface area contributed by atoms with E-state index >= 15 is 0 Å². The van der Waals surface area contributed by atoms with Crippen molar-refractivity contribution in [3.8, 4) is 34.2 Å². The van der Waals surface area contributed by atoms with E-state index in [1.807, 2.05) is 66.2 Å². The summed E-state index contributed by atoms with van der Waals surface area (Å²) in [5.41, 5.74) is 3.77. The summed E-state index contributed by atoms with van der Waals surface area (Å²) in [4.78, 5) is 5.01. The molecule has 0 bridgehead atoms. The van der Waals surface area contributed by atoms with Crippen molar-refractivity contribution in [3.63, 3.8) is 0 Å². The van der Waals surface area contributed by atoms with Gasteiger partial charge < -0.3 is 14.6 Å². The van der Waals surface area contributed by atoms with Gasteiger partial charge in [-0.1, -0.05) is 30.3 Å². The highest BCUT2D eigenvalue weighted by atomic mass is 16.5. The van der Waals surface area contributed by atoms with Gasteiger partial charge >= 0.3 is 0 Å². The lowest BCUT2D eigenvalue weighted by atomic mass is 9.99. The lowest BCUT2D eigenvalue weighted by Gasteiger charge is -2.14. The fraction of sp³-hybridized carbons (Fsp3) is 0.120. The lowest BCUT2D eigenvalue weighted by molar-refractivity contribution is 0.356. The molecule has 0 saturated carbocycles. The Morgan fingerprint density at radius 3 is 2.16 bits per heavy atom. The number of ether oxygens (including phenoxy) is 2. The molecule has 2 heterocycles. The number of methoxy groups -OCH3 is 2. The number of phenols is 1. The molecule has 154 valence electrons. The van der Waals surface area contributed by atoms with Crippen molar-refractivity contribution in [2.75, 3.05) is 14.2 Å². The lowest BCUT2D eigenvalue weighted by Crippen LogP contribution is -1.99. The van der Waals surface area contributed by atoms with Gasteiger partial charge in [-0.15, -0.1) is 0 Å². The smallest absolute Gasteiger partial charge is 0.164 e. The maximum atomic E-state index is 10.6. The van der Waals surface area contributed by atoms with Gasteiger partial charge in [0.2, 0.25) is 0 Å². The number of aromatic nitrogens is 3. The summed E-state index contributed by atoms with van der Waals surface area (Å²) in [6, 6.07) is 20.9. The number of aromatic hydroxyl groups is 1. The normalized spacial score (nSPS) is 11.2. The Hall–Kier alpha value is -4.06. The van der Waals surface area contributed by atoms with Crippen molar-refractivity contribution in [1.82, 2.24) is 14.8 Å². The molecule has 0 saturated heterocycles. The van der Waals surface area contributed by atoms with Crippen molar-refractivity contribution in [1.29, 1.82) is 0 Å². The molecule has 0 spiro atoms.